The first-order chi connectivity index (χ1) is 12.3. The van der Waals surface area contributed by atoms with Crippen molar-refractivity contribution in [2.24, 2.45) is 0 Å². The largest absolute Gasteiger partial charge is 0.301 e. The minimum absolute atomic E-state index is 0.00675. The molecule has 0 unspecified atom stereocenters. The lowest BCUT2D eigenvalue weighted by atomic mass is 10.1. The van der Waals surface area contributed by atoms with E-state index in [0.717, 1.165) is 41.7 Å². The van der Waals surface area contributed by atoms with E-state index in [1.165, 1.54) is 19.3 Å². The van der Waals surface area contributed by atoms with Gasteiger partial charge in [-0.05, 0) is 32.0 Å². The number of rotatable bonds is 4. The van der Waals surface area contributed by atoms with Gasteiger partial charge in [0.15, 0.2) is 0 Å². The number of piperidine rings is 1. The van der Waals surface area contributed by atoms with Crippen LogP contribution >= 0.6 is 0 Å². The van der Waals surface area contributed by atoms with Gasteiger partial charge >= 0.3 is 0 Å². The Labute approximate surface area is 147 Å². The molecular weight excluding hydrogens is 310 g/mol. The third kappa shape index (κ3) is 3.35. The van der Waals surface area contributed by atoms with Crippen LogP contribution in [0, 0.1) is 0 Å². The summed E-state index contributed by atoms with van der Waals surface area (Å²) in [6, 6.07) is 17.9. The van der Waals surface area contributed by atoms with Gasteiger partial charge in [-0.2, -0.15) is 5.10 Å². The van der Waals surface area contributed by atoms with E-state index in [1.54, 1.807) is 4.68 Å². The number of nitrogens with zero attached hydrogens (tertiary/aromatic N) is 3. The summed E-state index contributed by atoms with van der Waals surface area (Å²) < 4.78 is 1.65. The predicted octanol–water partition coefficient (Wildman–Crippen LogP) is 3.55. The van der Waals surface area contributed by atoms with E-state index < -0.39 is 0 Å². The van der Waals surface area contributed by atoms with Crippen LogP contribution in [-0.4, -0.2) is 34.3 Å². The summed E-state index contributed by atoms with van der Waals surface area (Å²) >= 11 is 0. The average molecular weight is 333 g/mol. The molecule has 1 fully saturated rings. The Morgan fingerprint density at radius 3 is 2.24 bits per heavy atom. The second kappa shape index (κ2) is 7.19. The molecule has 0 N–H and O–H groups in total. The zero-order valence-corrected chi connectivity index (χ0v) is 14.4. The molecule has 2 aromatic carbocycles. The highest BCUT2D eigenvalue weighted by molar-refractivity contribution is 5.93. The zero-order chi connectivity index (χ0) is 17.1. The first-order valence-electron chi connectivity index (χ1n) is 9.10. The van der Waals surface area contributed by atoms with Gasteiger partial charge in [-0.15, -0.1) is 0 Å². The van der Waals surface area contributed by atoms with Gasteiger partial charge in [0, 0.05) is 17.5 Å². The van der Waals surface area contributed by atoms with Crippen molar-refractivity contribution in [1.29, 1.82) is 0 Å². The van der Waals surface area contributed by atoms with Crippen LogP contribution in [0.4, 0.5) is 0 Å². The summed E-state index contributed by atoms with van der Waals surface area (Å²) in [5, 5.41) is 6.40. The van der Waals surface area contributed by atoms with Crippen molar-refractivity contribution in [3.05, 3.63) is 65.0 Å². The number of hydrogen-bond donors (Lipinski definition) is 0. The van der Waals surface area contributed by atoms with Crippen LogP contribution in [0.3, 0.4) is 0 Å². The molecule has 128 valence electrons. The van der Waals surface area contributed by atoms with Crippen LogP contribution < -0.4 is 5.56 Å². The molecule has 1 aliphatic rings. The van der Waals surface area contributed by atoms with E-state index in [1.807, 2.05) is 54.6 Å². The molecule has 1 saturated heterocycles. The molecule has 0 atom stereocenters. The highest BCUT2D eigenvalue weighted by atomic mass is 16.1. The van der Waals surface area contributed by atoms with Crippen LogP contribution in [0.5, 0.6) is 0 Å². The summed E-state index contributed by atoms with van der Waals surface area (Å²) in [7, 11) is 0. The Morgan fingerprint density at radius 1 is 0.800 bits per heavy atom. The second-order valence-corrected chi connectivity index (χ2v) is 6.69. The maximum Gasteiger partial charge on any atom is 0.274 e. The SMILES string of the molecule is O=c1c2ccccc2c(-c2ccccc2)nn1CCN1CCCCC1. The summed E-state index contributed by atoms with van der Waals surface area (Å²) in [6.07, 6.45) is 3.84. The molecule has 0 amide bonds. The van der Waals surface area contributed by atoms with E-state index in [0.29, 0.717) is 6.54 Å². The minimum atomic E-state index is 0.00675. The van der Waals surface area contributed by atoms with Crippen LogP contribution in [0.1, 0.15) is 19.3 Å². The van der Waals surface area contributed by atoms with E-state index in [9.17, 15) is 4.79 Å². The summed E-state index contributed by atoms with van der Waals surface area (Å²) in [4.78, 5) is 15.3. The second-order valence-electron chi connectivity index (χ2n) is 6.69. The maximum absolute atomic E-state index is 12.9. The number of fused-ring (bicyclic) bond motifs is 1. The van der Waals surface area contributed by atoms with E-state index in [2.05, 4.69) is 4.90 Å². The van der Waals surface area contributed by atoms with Gasteiger partial charge in [0.1, 0.15) is 0 Å². The highest BCUT2D eigenvalue weighted by Crippen LogP contribution is 2.24. The standard InChI is InChI=1S/C21H23N3O/c25-21-19-12-6-5-11-18(19)20(17-9-3-1-4-10-17)22-24(21)16-15-23-13-7-2-8-14-23/h1,3-6,9-12H,2,7-8,13-16H2. The lowest BCUT2D eigenvalue weighted by Gasteiger charge is -2.26. The van der Waals surface area contributed by atoms with Crippen molar-refractivity contribution in [3.8, 4) is 11.3 Å². The topological polar surface area (TPSA) is 38.1 Å². The fraction of sp³-hybridized carbons (Fsp3) is 0.333. The summed E-state index contributed by atoms with van der Waals surface area (Å²) in [5.74, 6) is 0. The lowest BCUT2D eigenvalue weighted by Crippen LogP contribution is -2.35. The van der Waals surface area contributed by atoms with Crippen molar-refractivity contribution in [2.45, 2.75) is 25.8 Å². The van der Waals surface area contributed by atoms with Gasteiger partial charge < -0.3 is 4.90 Å². The average Bonchev–Trinajstić information content (AvgIpc) is 2.69. The molecule has 0 aliphatic carbocycles. The number of benzene rings is 2. The Hall–Kier alpha value is -2.46. The minimum Gasteiger partial charge on any atom is -0.301 e. The molecule has 4 nitrogen and oxygen atoms in total. The molecule has 2 heterocycles. The monoisotopic (exact) mass is 333 g/mol. The third-order valence-corrected chi connectivity index (χ3v) is 4.99. The van der Waals surface area contributed by atoms with E-state index in [-0.39, 0.29) is 5.56 Å². The Morgan fingerprint density at radius 2 is 1.48 bits per heavy atom. The number of aromatic nitrogens is 2. The van der Waals surface area contributed by atoms with Gasteiger partial charge in [-0.25, -0.2) is 4.68 Å². The third-order valence-electron chi connectivity index (χ3n) is 4.99. The van der Waals surface area contributed by atoms with Crippen molar-refractivity contribution in [3.63, 3.8) is 0 Å². The van der Waals surface area contributed by atoms with Crippen LogP contribution in [-0.2, 0) is 6.54 Å². The van der Waals surface area contributed by atoms with Gasteiger partial charge in [-0.1, -0.05) is 55.0 Å². The van der Waals surface area contributed by atoms with Gasteiger partial charge in [-0.3, -0.25) is 4.79 Å². The van der Waals surface area contributed by atoms with Crippen LogP contribution in [0.15, 0.2) is 59.4 Å². The van der Waals surface area contributed by atoms with Crippen LogP contribution in [0.2, 0.25) is 0 Å². The molecule has 3 aromatic rings. The molecular formula is C21H23N3O. The smallest absolute Gasteiger partial charge is 0.274 e. The molecule has 1 aromatic heterocycles. The predicted molar refractivity (Wildman–Crippen MR) is 102 cm³/mol. The van der Waals surface area contributed by atoms with Crippen molar-refractivity contribution in [2.75, 3.05) is 19.6 Å². The van der Waals surface area contributed by atoms with Gasteiger partial charge in [0.25, 0.3) is 5.56 Å². The first-order valence-corrected chi connectivity index (χ1v) is 9.10. The summed E-state index contributed by atoms with van der Waals surface area (Å²) in [5.41, 5.74) is 1.94. The van der Waals surface area contributed by atoms with E-state index >= 15 is 0 Å². The Bertz CT molecular complexity index is 911. The molecule has 25 heavy (non-hydrogen) atoms. The quantitative estimate of drug-likeness (QED) is 0.733. The molecule has 0 bridgehead atoms. The fourth-order valence-corrected chi connectivity index (χ4v) is 3.62. The van der Waals surface area contributed by atoms with E-state index in [4.69, 9.17) is 5.10 Å². The lowest BCUT2D eigenvalue weighted by molar-refractivity contribution is 0.217. The van der Waals surface area contributed by atoms with Crippen LogP contribution in [0.25, 0.3) is 22.0 Å². The first kappa shape index (κ1) is 16.0. The molecule has 1 aliphatic heterocycles. The molecule has 4 heteroatoms. The Kier molecular flexibility index (Phi) is 4.61. The molecule has 0 saturated carbocycles. The molecule has 4 rings (SSSR count). The maximum atomic E-state index is 12.9. The zero-order valence-electron chi connectivity index (χ0n) is 14.4. The fourth-order valence-electron chi connectivity index (χ4n) is 3.62. The highest BCUT2D eigenvalue weighted by Gasteiger charge is 2.14. The number of likely N-dealkylation sites (tertiary alicyclic amines) is 1. The summed E-state index contributed by atoms with van der Waals surface area (Å²) in [6.45, 7) is 3.80. The molecule has 0 spiro atoms. The van der Waals surface area contributed by atoms with Crippen molar-refractivity contribution >= 4 is 10.8 Å². The number of hydrogen-bond acceptors (Lipinski definition) is 3. The van der Waals surface area contributed by atoms with Gasteiger partial charge in [0.05, 0.1) is 17.6 Å². The normalized spacial score (nSPS) is 15.5. The van der Waals surface area contributed by atoms with Crippen molar-refractivity contribution in [1.82, 2.24) is 14.7 Å². The molecule has 0 radical (unpaired) electrons. The van der Waals surface area contributed by atoms with Gasteiger partial charge in [0.2, 0.25) is 0 Å². The van der Waals surface area contributed by atoms with Crippen molar-refractivity contribution < 1.29 is 0 Å². The Balaban J connectivity index is 1.74.